The van der Waals surface area contributed by atoms with Gasteiger partial charge in [0.05, 0.1) is 26.4 Å². The molecule has 0 saturated heterocycles. The molecule has 0 saturated carbocycles. The molecule has 0 bridgehead atoms. The number of hydrogen-bond acceptors (Lipinski definition) is 15. The molecule has 0 radical (unpaired) electrons. The average molecular weight is 1450 g/mol. The lowest BCUT2D eigenvalue weighted by atomic mass is 10.0. The number of unbranched alkanes of at least 4 members (excludes halogenated alkanes) is 44. The highest BCUT2D eigenvalue weighted by atomic mass is 31.2. The molecule has 0 aliphatic heterocycles. The summed E-state index contributed by atoms with van der Waals surface area (Å²) in [6.07, 6.45) is 63.4. The fourth-order valence-corrected chi connectivity index (χ4v) is 13.4. The zero-order valence-corrected chi connectivity index (χ0v) is 66.1. The summed E-state index contributed by atoms with van der Waals surface area (Å²) in [5.41, 5.74) is 0. The molecule has 0 aliphatic carbocycles. The van der Waals surface area contributed by atoms with Crippen molar-refractivity contribution in [3.63, 3.8) is 0 Å². The molecule has 3 N–H and O–H groups in total. The highest BCUT2D eigenvalue weighted by Gasteiger charge is 2.30. The molecule has 5 atom stereocenters. The summed E-state index contributed by atoms with van der Waals surface area (Å²) in [5, 5.41) is 10.6. The number of ether oxygens (including phenoxy) is 4. The van der Waals surface area contributed by atoms with Gasteiger partial charge in [0.1, 0.15) is 19.3 Å². The van der Waals surface area contributed by atoms with Gasteiger partial charge in [-0.2, -0.15) is 0 Å². The van der Waals surface area contributed by atoms with E-state index in [0.717, 1.165) is 115 Å². The van der Waals surface area contributed by atoms with Gasteiger partial charge in [-0.25, -0.2) is 9.13 Å². The first-order chi connectivity index (χ1) is 47.9. The van der Waals surface area contributed by atoms with Crippen LogP contribution >= 0.6 is 15.6 Å². The van der Waals surface area contributed by atoms with Gasteiger partial charge in [-0.3, -0.25) is 37.3 Å². The molecule has 0 fully saturated rings. The Morgan fingerprint density at radius 2 is 0.545 bits per heavy atom. The summed E-state index contributed by atoms with van der Waals surface area (Å²) in [6, 6.07) is 0. The molecule has 0 spiro atoms. The number of phosphoric ester groups is 2. The number of phosphoric acid groups is 2. The summed E-state index contributed by atoms with van der Waals surface area (Å²) >= 11 is 0. The van der Waals surface area contributed by atoms with Crippen molar-refractivity contribution in [1.82, 2.24) is 0 Å². The zero-order chi connectivity index (χ0) is 72.8. The van der Waals surface area contributed by atoms with Gasteiger partial charge in [-0.05, 0) is 63.2 Å². The minimum Gasteiger partial charge on any atom is -0.462 e. The van der Waals surface area contributed by atoms with Gasteiger partial charge >= 0.3 is 39.5 Å². The van der Waals surface area contributed by atoms with Crippen LogP contribution in [0, 0.1) is 11.8 Å². The fourth-order valence-electron chi connectivity index (χ4n) is 11.8. The smallest absolute Gasteiger partial charge is 0.462 e. The summed E-state index contributed by atoms with van der Waals surface area (Å²) in [5.74, 6) is -0.678. The van der Waals surface area contributed by atoms with Crippen LogP contribution in [0.15, 0.2) is 24.3 Å². The Balaban J connectivity index is 5.26. The monoisotopic (exact) mass is 1450 g/mol. The molecule has 17 nitrogen and oxygen atoms in total. The van der Waals surface area contributed by atoms with Crippen molar-refractivity contribution >= 4 is 39.5 Å². The van der Waals surface area contributed by atoms with Crippen LogP contribution in [0.1, 0.15) is 395 Å². The van der Waals surface area contributed by atoms with E-state index >= 15 is 0 Å². The van der Waals surface area contributed by atoms with E-state index in [4.69, 9.17) is 37.0 Å². The largest absolute Gasteiger partial charge is 0.472 e. The lowest BCUT2D eigenvalue weighted by molar-refractivity contribution is -0.161. The topological polar surface area (TPSA) is 237 Å². The molecule has 0 aromatic heterocycles. The molecule has 19 heteroatoms. The molecule has 2 unspecified atom stereocenters. The number of allylic oxidation sites excluding steroid dienone is 4. The van der Waals surface area contributed by atoms with Crippen molar-refractivity contribution in [2.24, 2.45) is 11.8 Å². The molecule has 0 aliphatic rings. The molecule has 99 heavy (non-hydrogen) atoms. The molecular weight excluding hydrogens is 1290 g/mol. The SMILES string of the molecule is CCCCCC/C=C\C=C/CCCCCCCC(=O)O[C@H](COC(=O)CCCCCCCCC(C)C)COP(=O)(O)OC[C@H](O)COP(=O)(O)OC[C@@H](COC(=O)CCCCCCCCCCCCCCCC(C)C)OC(=O)CCCCCCCCCCCCCCCCCCCCC. The normalized spacial score (nSPS) is 14.1. The first-order valence-electron chi connectivity index (χ1n) is 40.8. The van der Waals surface area contributed by atoms with Crippen LogP contribution in [0.3, 0.4) is 0 Å². The van der Waals surface area contributed by atoms with Crippen molar-refractivity contribution in [2.45, 2.75) is 413 Å². The minimum atomic E-state index is -4.97. The highest BCUT2D eigenvalue weighted by Crippen LogP contribution is 2.45. The molecule has 0 amide bonds. The van der Waals surface area contributed by atoms with Gasteiger partial charge < -0.3 is 33.8 Å². The Kier molecular flexibility index (Phi) is 69.4. The third-order valence-corrected chi connectivity index (χ3v) is 20.0. The van der Waals surface area contributed by atoms with Gasteiger partial charge in [0.25, 0.3) is 0 Å². The van der Waals surface area contributed by atoms with E-state index < -0.39 is 97.5 Å². The predicted molar refractivity (Wildman–Crippen MR) is 404 cm³/mol. The van der Waals surface area contributed by atoms with Crippen molar-refractivity contribution in [1.29, 1.82) is 0 Å². The third kappa shape index (κ3) is 73.6. The second-order valence-corrected chi connectivity index (χ2v) is 32.0. The lowest BCUT2D eigenvalue weighted by Crippen LogP contribution is -2.30. The standard InChI is InChI=1S/C80H152O17P2/c1-7-9-11-13-15-17-19-21-23-24-25-26-28-32-37-41-45-53-59-64-79(84)96-75(68-90-77(82)62-56-50-43-39-35-33-29-30-34-38-42-48-54-60-72(3)4)70-94-98(86,87)92-66-74(81)67-93-99(88,89)95-71-76(69-91-78(83)63-57-51-47-46-49-55-61-73(5)6)97-80(85)65-58-52-44-40-36-31-27-22-20-18-16-14-12-10-8-2/h18,20,22,27,72-76,81H,7-17,19,21,23-26,28-71H2,1-6H3,(H,86,87)(H,88,89)/b20-18-,27-22-/t74-,75-,76-/m1/s1. The van der Waals surface area contributed by atoms with Crippen LogP contribution < -0.4 is 0 Å². The average Bonchev–Trinajstić information content (AvgIpc) is 1.50. The number of aliphatic hydroxyl groups is 1. The maximum Gasteiger partial charge on any atom is 0.472 e. The maximum absolute atomic E-state index is 13.1. The van der Waals surface area contributed by atoms with Crippen LogP contribution in [0.2, 0.25) is 0 Å². The van der Waals surface area contributed by atoms with Gasteiger partial charge in [0.15, 0.2) is 12.2 Å². The Morgan fingerprint density at radius 1 is 0.313 bits per heavy atom. The van der Waals surface area contributed by atoms with Crippen molar-refractivity contribution in [3.05, 3.63) is 24.3 Å². The van der Waals surface area contributed by atoms with E-state index in [1.165, 1.54) is 193 Å². The van der Waals surface area contributed by atoms with Crippen LogP contribution in [0.25, 0.3) is 0 Å². The van der Waals surface area contributed by atoms with Crippen molar-refractivity contribution in [2.75, 3.05) is 39.6 Å². The van der Waals surface area contributed by atoms with Gasteiger partial charge in [0.2, 0.25) is 0 Å². The van der Waals surface area contributed by atoms with E-state index in [1.807, 2.05) is 0 Å². The van der Waals surface area contributed by atoms with Crippen molar-refractivity contribution in [3.8, 4) is 0 Å². The first-order valence-corrected chi connectivity index (χ1v) is 43.8. The van der Waals surface area contributed by atoms with E-state index in [9.17, 15) is 43.2 Å². The van der Waals surface area contributed by atoms with E-state index in [1.54, 1.807) is 0 Å². The summed E-state index contributed by atoms with van der Waals surface area (Å²) in [6.45, 7) is 9.49. The van der Waals surface area contributed by atoms with Crippen LogP contribution in [0.5, 0.6) is 0 Å². The minimum absolute atomic E-state index is 0.0841. The summed E-state index contributed by atoms with van der Waals surface area (Å²) in [4.78, 5) is 72.9. The quantitative estimate of drug-likeness (QED) is 0.0169. The zero-order valence-electron chi connectivity index (χ0n) is 64.3. The van der Waals surface area contributed by atoms with E-state index in [0.29, 0.717) is 31.6 Å². The molecule has 0 aromatic rings. The van der Waals surface area contributed by atoms with Gasteiger partial charge in [0, 0.05) is 25.7 Å². The number of carbonyl (C=O) groups is 4. The first kappa shape index (κ1) is 96.5. The van der Waals surface area contributed by atoms with Crippen molar-refractivity contribution < 1.29 is 80.2 Å². The molecule has 0 rings (SSSR count). The molecule has 0 heterocycles. The Morgan fingerprint density at radius 3 is 0.828 bits per heavy atom. The fraction of sp³-hybridized carbons (Fsp3) is 0.900. The molecule has 0 aromatic carbocycles. The number of aliphatic hydroxyl groups excluding tert-OH is 1. The van der Waals surface area contributed by atoms with Crippen LogP contribution in [-0.2, 0) is 65.4 Å². The van der Waals surface area contributed by atoms with Gasteiger partial charge in [-0.15, -0.1) is 0 Å². The Bertz CT molecular complexity index is 2000. The maximum atomic E-state index is 13.1. The number of esters is 4. The molecular formula is C80H152O17P2. The van der Waals surface area contributed by atoms with Crippen LogP contribution in [-0.4, -0.2) is 96.7 Å². The Labute approximate surface area is 605 Å². The Hall–Kier alpha value is -2.46. The summed E-state index contributed by atoms with van der Waals surface area (Å²) in [7, 11) is -9.93. The molecule has 584 valence electrons. The second kappa shape index (κ2) is 71.2. The number of carbonyl (C=O) groups excluding carboxylic acids is 4. The third-order valence-electron chi connectivity index (χ3n) is 18.1. The van der Waals surface area contributed by atoms with Crippen LogP contribution in [0.4, 0.5) is 0 Å². The highest BCUT2D eigenvalue weighted by molar-refractivity contribution is 7.47. The second-order valence-electron chi connectivity index (χ2n) is 29.1. The van der Waals surface area contributed by atoms with E-state index in [2.05, 4.69) is 65.8 Å². The van der Waals surface area contributed by atoms with E-state index in [-0.39, 0.29) is 25.7 Å². The predicted octanol–water partition coefficient (Wildman–Crippen LogP) is 23.4. The number of hydrogen-bond donors (Lipinski definition) is 3. The lowest BCUT2D eigenvalue weighted by Gasteiger charge is -2.21. The number of rotatable bonds is 77. The summed E-state index contributed by atoms with van der Waals surface area (Å²) < 4.78 is 68.6. The van der Waals surface area contributed by atoms with Gasteiger partial charge in [-0.1, -0.05) is 342 Å².